The summed E-state index contributed by atoms with van der Waals surface area (Å²) in [6, 6.07) is 5.00. The maximum atomic E-state index is 13.0. The minimum atomic E-state index is -1.06. The smallest absolute Gasteiger partial charge is 0.339 e. The van der Waals surface area contributed by atoms with E-state index in [9.17, 15) is 14.4 Å². The van der Waals surface area contributed by atoms with Gasteiger partial charge in [-0.05, 0) is 24.4 Å². The standard InChI is InChI=1S/C18H20N2O5S/c1-10-12(18(23)24)7-11(25-10)9-19(2)17(22)13-8-15(21)20(3)16(13)14-5-4-6-26-14/h4-7,13,16H,8-9H2,1-3H3,(H,23,24)/t13-,16-/m1/s1. The number of nitrogens with zero attached hydrogens (tertiary/aromatic N) is 2. The van der Waals surface area contributed by atoms with Crippen molar-refractivity contribution >= 4 is 29.1 Å². The maximum Gasteiger partial charge on any atom is 0.339 e. The lowest BCUT2D eigenvalue weighted by molar-refractivity contribution is -0.136. The summed E-state index contributed by atoms with van der Waals surface area (Å²) in [5.41, 5.74) is 0.0908. The van der Waals surface area contributed by atoms with E-state index in [4.69, 9.17) is 9.52 Å². The molecule has 0 aromatic carbocycles. The summed E-state index contributed by atoms with van der Waals surface area (Å²) in [5.74, 6) is -1.04. The van der Waals surface area contributed by atoms with Crippen LogP contribution in [0.25, 0.3) is 0 Å². The maximum absolute atomic E-state index is 13.0. The molecule has 0 radical (unpaired) electrons. The number of hydrogen-bond acceptors (Lipinski definition) is 5. The van der Waals surface area contributed by atoms with Crippen molar-refractivity contribution < 1.29 is 23.9 Å². The number of carboxylic acid groups (broad SMARTS) is 1. The number of furan rings is 1. The molecule has 1 aliphatic heterocycles. The zero-order chi connectivity index (χ0) is 19.0. The van der Waals surface area contributed by atoms with Crippen LogP contribution in [0.15, 0.2) is 28.0 Å². The number of carbonyl (C=O) groups excluding carboxylic acids is 2. The van der Waals surface area contributed by atoms with Crippen molar-refractivity contribution in [2.45, 2.75) is 25.9 Å². The molecule has 3 heterocycles. The van der Waals surface area contributed by atoms with Gasteiger partial charge in [-0.15, -0.1) is 11.3 Å². The van der Waals surface area contributed by atoms with Crippen LogP contribution in [-0.2, 0) is 16.1 Å². The average molecular weight is 376 g/mol. The van der Waals surface area contributed by atoms with Crippen molar-refractivity contribution in [3.63, 3.8) is 0 Å². The van der Waals surface area contributed by atoms with E-state index in [2.05, 4.69) is 0 Å². The Labute approximate surface area is 154 Å². The molecule has 26 heavy (non-hydrogen) atoms. The highest BCUT2D eigenvalue weighted by molar-refractivity contribution is 7.10. The molecule has 2 amide bonds. The molecular weight excluding hydrogens is 356 g/mol. The van der Waals surface area contributed by atoms with Crippen LogP contribution < -0.4 is 0 Å². The summed E-state index contributed by atoms with van der Waals surface area (Å²) in [4.78, 5) is 40.4. The molecule has 2 atom stereocenters. The van der Waals surface area contributed by atoms with E-state index < -0.39 is 11.9 Å². The summed E-state index contributed by atoms with van der Waals surface area (Å²) in [5, 5.41) is 11.0. The second kappa shape index (κ2) is 6.95. The molecule has 1 fully saturated rings. The van der Waals surface area contributed by atoms with Crippen molar-refractivity contribution in [2.75, 3.05) is 14.1 Å². The monoisotopic (exact) mass is 376 g/mol. The van der Waals surface area contributed by atoms with Crippen LogP contribution >= 0.6 is 11.3 Å². The summed E-state index contributed by atoms with van der Waals surface area (Å²) in [6.45, 7) is 1.73. The normalized spacial score (nSPS) is 19.8. The van der Waals surface area contributed by atoms with Gasteiger partial charge in [-0.25, -0.2) is 4.79 Å². The summed E-state index contributed by atoms with van der Waals surface area (Å²) in [7, 11) is 3.35. The molecule has 0 aliphatic carbocycles. The Morgan fingerprint density at radius 3 is 2.77 bits per heavy atom. The van der Waals surface area contributed by atoms with Gasteiger partial charge >= 0.3 is 5.97 Å². The molecule has 3 rings (SSSR count). The van der Waals surface area contributed by atoms with Gasteiger partial charge < -0.3 is 19.3 Å². The molecular formula is C18H20N2O5S. The molecule has 138 valence electrons. The predicted molar refractivity (Wildman–Crippen MR) is 94.8 cm³/mol. The van der Waals surface area contributed by atoms with Crippen LogP contribution in [0.2, 0.25) is 0 Å². The van der Waals surface area contributed by atoms with Crippen LogP contribution in [0.4, 0.5) is 0 Å². The summed E-state index contributed by atoms with van der Waals surface area (Å²) < 4.78 is 5.45. The van der Waals surface area contributed by atoms with Crippen molar-refractivity contribution in [1.29, 1.82) is 0 Å². The van der Waals surface area contributed by atoms with Gasteiger partial charge in [0.1, 0.15) is 17.1 Å². The van der Waals surface area contributed by atoms with Gasteiger partial charge in [-0.2, -0.15) is 0 Å². The topological polar surface area (TPSA) is 91.1 Å². The number of thiophene rings is 1. The SMILES string of the molecule is Cc1oc(CN(C)C(=O)[C@@H]2CC(=O)N(C)[C@H]2c2cccs2)cc1C(=O)O. The van der Waals surface area contributed by atoms with Gasteiger partial charge in [0.15, 0.2) is 0 Å². The Kier molecular flexibility index (Phi) is 4.86. The molecule has 2 aromatic heterocycles. The first-order chi connectivity index (χ1) is 12.3. The van der Waals surface area contributed by atoms with Crippen molar-refractivity contribution in [2.24, 2.45) is 5.92 Å². The van der Waals surface area contributed by atoms with E-state index in [1.807, 2.05) is 17.5 Å². The van der Waals surface area contributed by atoms with Crippen LogP contribution in [-0.4, -0.2) is 46.8 Å². The van der Waals surface area contributed by atoms with Crippen LogP contribution in [0.3, 0.4) is 0 Å². The number of rotatable bonds is 5. The lowest BCUT2D eigenvalue weighted by Gasteiger charge is -2.26. The third-order valence-corrected chi connectivity index (χ3v) is 5.65. The molecule has 0 spiro atoms. The molecule has 1 saturated heterocycles. The van der Waals surface area contributed by atoms with Crippen molar-refractivity contribution in [1.82, 2.24) is 9.80 Å². The number of carbonyl (C=O) groups is 3. The van der Waals surface area contributed by atoms with Crippen molar-refractivity contribution in [3.05, 3.63) is 45.5 Å². The van der Waals surface area contributed by atoms with E-state index in [1.54, 1.807) is 25.9 Å². The number of hydrogen-bond donors (Lipinski definition) is 1. The Hall–Kier alpha value is -2.61. The van der Waals surface area contributed by atoms with E-state index in [1.165, 1.54) is 22.3 Å². The van der Waals surface area contributed by atoms with Crippen LogP contribution in [0.5, 0.6) is 0 Å². The fraction of sp³-hybridized carbons (Fsp3) is 0.389. The quantitative estimate of drug-likeness (QED) is 0.866. The van der Waals surface area contributed by atoms with E-state index in [0.717, 1.165) is 4.88 Å². The van der Waals surface area contributed by atoms with Gasteiger partial charge in [-0.1, -0.05) is 6.07 Å². The van der Waals surface area contributed by atoms with Crippen LogP contribution in [0.1, 0.15) is 39.2 Å². The Morgan fingerprint density at radius 1 is 1.46 bits per heavy atom. The van der Waals surface area contributed by atoms with E-state index in [0.29, 0.717) is 11.5 Å². The zero-order valence-electron chi connectivity index (χ0n) is 14.8. The van der Waals surface area contributed by atoms with Crippen LogP contribution in [0, 0.1) is 12.8 Å². The fourth-order valence-electron chi connectivity index (χ4n) is 3.37. The van der Waals surface area contributed by atoms with E-state index in [-0.39, 0.29) is 36.4 Å². The minimum absolute atomic E-state index is 0.0582. The third-order valence-electron chi connectivity index (χ3n) is 4.71. The predicted octanol–water partition coefficient (Wildman–Crippen LogP) is 2.53. The first-order valence-corrected chi connectivity index (χ1v) is 9.04. The molecule has 1 N–H and O–H groups in total. The first-order valence-electron chi connectivity index (χ1n) is 8.16. The first kappa shape index (κ1) is 18.2. The highest BCUT2D eigenvalue weighted by Crippen LogP contribution is 2.40. The number of likely N-dealkylation sites (tertiary alicyclic amines) is 1. The number of aromatic carboxylic acids is 1. The third kappa shape index (κ3) is 3.24. The van der Waals surface area contributed by atoms with Crippen molar-refractivity contribution in [3.8, 4) is 0 Å². The number of amides is 2. The van der Waals surface area contributed by atoms with Gasteiger partial charge in [0.05, 0.1) is 18.5 Å². The lowest BCUT2D eigenvalue weighted by atomic mass is 9.97. The Morgan fingerprint density at radius 2 is 2.19 bits per heavy atom. The summed E-state index contributed by atoms with van der Waals surface area (Å²) in [6.07, 6.45) is 0.166. The molecule has 0 saturated carbocycles. The molecule has 2 aromatic rings. The van der Waals surface area contributed by atoms with Gasteiger partial charge in [0.25, 0.3) is 0 Å². The zero-order valence-corrected chi connectivity index (χ0v) is 15.6. The second-order valence-electron chi connectivity index (χ2n) is 6.46. The molecule has 1 aliphatic rings. The number of aryl methyl sites for hydroxylation is 1. The molecule has 0 bridgehead atoms. The average Bonchev–Trinajstić information content (AvgIpc) is 3.28. The fourth-order valence-corrected chi connectivity index (χ4v) is 4.30. The number of carboxylic acids is 1. The Balaban J connectivity index is 1.78. The Bertz CT molecular complexity index is 842. The largest absolute Gasteiger partial charge is 0.478 e. The lowest BCUT2D eigenvalue weighted by Crippen LogP contribution is -2.35. The van der Waals surface area contributed by atoms with E-state index >= 15 is 0 Å². The molecule has 0 unspecified atom stereocenters. The second-order valence-corrected chi connectivity index (χ2v) is 7.44. The van der Waals surface area contributed by atoms with Gasteiger partial charge in [-0.3, -0.25) is 9.59 Å². The highest BCUT2D eigenvalue weighted by atomic mass is 32.1. The molecule has 8 heteroatoms. The minimum Gasteiger partial charge on any atom is -0.478 e. The molecule has 7 nitrogen and oxygen atoms in total. The van der Waals surface area contributed by atoms with Gasteiger partial charge in [0.2, 0.25) is 11.8 Å². The highest BCUT2D eigenvalue weighted by Gasteiger charge is 2.44. The summed E-state index contributed by atoms with van der Waals surface area (Å²) >= 11 is 1.52. The van der Waals surface area contributed by atoms with Gasteiger partial charge in [0, 0.05) is 25.4 Å².